The van der Waals surface area contributed by atoms with Crippen LogP contribution < -0.4 is 5.32 Å². The van der Waals surface area contributed by atoms with Gasteiger partial charge in [0.25, 0.3) is 0 Å². The van der Waals surface area contributed by atoms with Crippen LogP contribution in [0.15, 0.2) is 41.8 Å². The van der Waals surface area contributed by atoms with Crippen molar-refractivity contribution in [3.05, 3.63) is 57.8 Å². The minimum Gasteiger partial charge on any atom is -0.348 e. The summed E-state index contributed by atoms with van der Waals surface area (Å²) in [7, 11) is 0. The van der Waals surface area contributed by atoms with Gasteiger partial charge in [-0.15, -0.1) is 23.1 Å². The van der Waals surface area contributed by atoms with Crippen molar-refractivity contribution in [2.45, 2.75) is 25.6 Å². The number of carbonyl (C=O) groups is 1. The number of aryl methyl sites for hydroxylation is 1. The van der Waals surface area contributed by atoms with E-state index >= 15 is 0 Å². The van der Waals surface area contributed by atoms with Crippen LogP contribution in [0.1, 0.15) is 29.0 Å². The Morgan fingerprint density at radius 1 is 1.30 bits per heavy atom. The van der Waals surface area contributed by atoms with Crippen LogP contribution in [0, 0.1) is 6.92 Å². The molecule has 0 saturated heterocycles. The topological polar surface area (TPSA) is 29.1 Å². The number of thiophene rings is 1. The summed E-state index contributed by atoms with van der Waals surface area (Å²) in [5.41, 5.74) is 2.59. The molecule has 0 aliphatic carbocycles. The van der Waals surface area contributed by atoms with Gasteiger partial charge in [-0.1, -0.05) is 30.3 Å². The molecule has 106 valence electrons. The molecule has 2 nitrogen and oxygen atoms in total. The van der Waals surface area contributed by atoms with Crippen LogP contribution in [-0.4, -0.2) is 11.7 Å². The van der Waals surface area contributed by atoms with Crippen molar-refractivity contribution in [1.82, 2.24) is 5.32 Å². The van der Waals surface area contributed by atoms with Gasteiger partial charge in [-0.25, -0.2) is 0 Å². The number of nitrogens with one attached hydrogen (secondary N) is 1. The maximum absolute atomic E-state index is 11.9. The van der Waals surface area contributed by atoms with Gasteiger partial charge in [0, 0.05) is 10.6 Å². The molecule has 0 saturated carbocycles. The quantitative estimate of drug-likeness (QED) is 0.868. The molecule has 1 unspecified atom stereocenters. The number of benzene rings is 1. The molecule has 1 amide bonds. The zero-order chi connectivity index (χ0) is 14.4. The summed E-state index contributed by atoms with van der Waals surface area (Å²) in [6, 6.07) is 12.5. The second kappa shape index (κ2) is 7.50. The highest BCUT2D eigenvalue weighted by Gasteiger charge is 2.10. The van der Waals surface area contributed by atoms with Gasteiger partial charge in [-0.05, 0) is 36.4 Å². The predicted molar refractivity (Wildman–Crippen MR) is 88.2 cm³/mol. The summed E-state index contributed by atoms with van der Waals surface area (Å²) in [6.45, 7) is 4.13. The van der Waals surface area contributed by atoms with E-state index in [1.165, 1.54) is 16.0 Å². The summed E-state index contributed by atoms with van der Waals surface area (Å²) < 4.78 is 0. The van der Waals surface area contributed by atoms with Crippen molar-refractivity contribution in [3.8, 4) is 0 Å². The number of rotatable bonds is 6. The Balaban J connectivity index is 1.74. The third kappa shape index (κ3) is 4.39. The summed E-state index contributed by atoms with van der Waals surface area (Å²) >= 11 is 3.33. The van der Waals surface area contributed by atoms with Crippen molar-refractivity contribution >= 4 is 29.0 Å². The van der Waals surface area contributed by atoms with Gasteiger partial charge < -0.3 is 5.32 Å². The molecule has 4 heteroatoms. The van der Waals surface area contributed by atoms with Gasteiger partial charge in [0.1, 0.15) is 0 Å². The minimum atomic E-state index is 0.0987. The summed E-state index contributed by atoms with van der Waals surface area (Å²) in [5, 5.41) is 5.07. The molecule has 0 radical (unpaired) electrons. The lowest BCUT2D eigenvalue weighted by atomic mass is 10.1. The van der Waals surface area contributed by atoms with Crippen molar-refractivity contribution in [1.29, 1.82) is 0 Å². The Hall–Kier alpha value is -1.26. The first-order valence-corrected chi connectivity index (χ1v) is 8.65. The fraction of sp³-hybridized carbons (Fsp3) is 0.312. The third-order valence-electron chi connectivity index (χ3n) is 3.10. The molecule has 1 aromatic carbocycles. The van der Waals surface area contributed by atoms with Gasteiger partial charge in [0.2, 0.25) is 5.91 Å². The Bertz CT molecular complexity index is 551. The normalized spacial score (nSPS) is 12.1. The smallest absolute Gasteiger partial charge is 0.230 e. The van der Waals surface area contributed by atoms with Crippen molar-refractivity contribution < 1.29 is 4.79 Å². The fourth-order valence-corrected chi connectivity index (χ4v) is 3.57. The summed E-state index contributed by atoms with van der Waals surface area (Å²) in [6.07, 6.45) is 0. The van der Waals surface area contributed by atoms with E-state index in [0.717, 1.165) is 5.75 Å². The lowest BCUT2D eigenvalue weighted by Gasteiger charge is -2.12. The Morgan fingerprint density at radius 2 is 2.10 bits per heavy atom. The molecular formula is C16H19NOS2. The van der Waals surface area contributed by atoms with E-state index in [-0.39, 0.29) is 11.9 Å². The molecule has 20 heavy (non-hydrogen) atoms. The van der Waals surface area contributed by atoms with Crippen molar-refractivity contribution in [3.63, 3.8) is 0 Å². The highest BCUT2D eigenvalue weighted by Crippen LogP contribution is 2.19. The second-order valence-electron chi connectivity index (χ2n) is 4.72. The molecular weight excluding hydrogens is 286 g/mol. The van der Waals surface area contributed by atoms with E-state index in [2.05, 4.69) is 30.4 Å². The highest BCUT2D eigenvalue weighted by molar-refractivity contribution is 7.99. The molecule has 2 aromatic rings. The lowest BCUT2D eigenvalue weighted by Crippen LogP contribution is -2.27. The molecule has 0 spiro atoms. The molecule has 0 fully saturated rings. The van der Waals surface area contributed by atoms with Gasteiger partial charge in [0.15, 0.2) is 0 Å². The van der Waals surface area contributed by atoms with E-state index < -0.39 is 0 Å². The van der Waals surface area contributed by atoms with Gasteiger partial charge >= 0.3 is 0 Å². The van der Waals surface area contributed by atoms with Crippen molar-refractivity contribution in [2.75, 3.05) is 5.75 Å². The number of carbonyl (C=O) groups excluding carboxylic acids is 1. The number of thioether (sulfide) groups is 1. The molecule has 1 heterocycles. The standard InChI is InChI=1S/C16H19NOS2/c1-12-6-3-4-7-14(12)10-19-11-16(18)17-13(2)15-8-5-9-20-15/h3-9,13H,10-11H2,1-2H3,(H,17,18). The molecule has 1 atom stereocenters. The average Bonchev–Trinajstić information content (AvgIpc) is 2.95. The van der Waals surface area contributed by atoms with Crippen LogP contribution in [0.3, 0.4) is 0 Å². The van der Waals surface area contributed by atoms with E-state index in [1.807, 2.05) is 30.5 Å². The molecule has 0 aliphatic heterocycles. The first kappa shape index (κ1) is 15.1. The van der Waals surface area contributed by atoms with Crippen LogP contribution in [0.2, 0.25) is 0 Å². The SMILES string of the molecule is Cc1ccccc1CSCC(=O)NC(C)c1cccs1. The Morgan fingerprint density at radius 3 is 2.80 bits per heavy atom. The first-order valence-electron chi connectivity index (χ1n) is 6.62. The molecule has 2 rings (SSSR count). The first-order chi connectivity index (χ1) is 9.66. The predicted octanol–water partition coefficient (Wildman–Crippen LogP) is 4.17. The largest absolute Gasteiger partial charge is 0.348 e. The molecule has 0 bridgehead atoms. The van der Waals surface area contributed by atoms with Crippen LogP contribution in [0.25, 0.3) is 0 Å². The van der Waals surface area contributed by atoms with E-state index in [0.29, 0.717) is 5.75 Å². The third-order valence-corrected chi connectivity index (χ3v) is 5.14. The Labute approximate surface area is 128 Å². The van der Waals surface area contributed by atoms with Crippen LogP contribution >= 0.6 is 23.1 Å². The number of amides is 1. The maximum atomic E-state index is 11.9. The zero-order valence-corrected chi connectivity index (χ0v) is 13.4. The summed E-state index contributed by atoms with van der Waals surface area (Å²) in [5.74, 6) is 1.49. The van der Waals surface area contributed by atoms with Crippen LogP contribution in [0.4, 0.5) is 0 Å². The minimum absolute atomic E-state index is 0.0987. The van der Waals surface area contributed by atoms with E-state index in [1.54, 1.807) is 23.1 Å². The molecule has 1 N–H and O–H groups in total. The Kier molecular flexibility index (Phi) is 5.68. The van der Waals surface area contributed by atoms with E-state index in [4.69, 9.17) is 0 Å². The van der Waals surface area contributed by atoms with Crippen LogP contribution in [-0.2, 0) is 10.5 Å². The van der Waals surface area contributed by atoms with Gasteiger partial charge in [0.05, 0.1) is 11.8 Å². The fourth-order valence-electron chi connectivity index (χ4n) is 1.92. The summed E-state index contributed by atoms with van der Waals surface area (Å²) in [4.78, 5) is 13.1. The highest BCUT2D eigenvalue weighted by atomic mass is 32.2. The lowest BCUT2D eigenvalue weighted by molar-refractivity contribution is -0.119. The van der Waals surface area contributed by atoms with E-state index in [9.17, 15) is 4.79 Å². The number of hydrogen-bond acceptors (Lipinski definition) is 3. The molecule has 0 aliphatic rings. The van der Waals surface area contributed by atoms with Crippen molar-refractivity contribution in [2.24, 2.45) is 0 Å². The zero-order valence-electron chi connectivity index (χ0n) is 11.8. The number of hydrogen-bond donors (Lipinski definition) is 1. The van der Waals surface area contributed by atoms with Gasteiger partial charge in [-0.3, -0.25) is 4.79 Å². The maximum Gasteiger partial charge on any atom is 0.230 e. The average molecular weight is 305 g/mol. The second-order valence-corrected chi connectivity index (χ2v) is 6.69. The van der Waals surface area contributed by atoms with Gasteiger partial charge in [-0.2, -0.15) is 0 Å². The van der Waals surface area contributed by atoms with Crippen LogP contribution in [0.5, 0.6) is 0 Å². The molecule has 1 aromatic heterocycles. The monoisotopic (exact) mass is 305 g/mol.